The molecule has 2 rings (SSSR count). The monoisotopic (exact) mass is 275 g/mol. The fraction of sp³-hybridized carbons (Fsp3) is 0.0714. The largest absolute Gasteiger partial charge is 0.303 e. The number of carbonyl (C=O) groups is 1. The quantitative estimate of drug-likeness (QED) is 0.486. The van der Waals surface area contributed by atoms with Gasteiger partial charge in [0, 0.05) is 24.1 Å². The number of carbonyl (C=O) groups excluding carboxylic acids is 1. The maximum absolute atomic E-state index is 10.7. The van der Waals surface area contributed by atoms with E-state index >= 15 is 0 Å². The zero-order chi connectivity index (χ0) is 13.8. The molecule has 0 radical (unpaired) electrons. The summed E-state index contributed by atoms with van der Waals surface area (Å²) in [4.78, 5) is 20.8. The highest BCUT2D eigenvalue weighted by Gasteiger charge is 2.12. The number of hydrogen-bond acceptors (Lipinski definition) is 3. The van der Waals surface area contributed by atoms with Gasteiger partial charge in [0.25, 0.3) is 5.69 Å². The standard InChI is InChI=1S/C14H10ClNO3/c15-14-9-11(16(18)19)5-6-13(14)12-4-2-1-3-10(12)7-8-17/h1-6,8-9H,7H2. The lowest BCUT2D eigenvalue weighted by Crippen LogP contribution is -1.93. The Labute approximate surface area is 114 Å². The summed E-state index contributed by atoms with van der Waals surface area (Å²) in [6.45, 7) is 0. The van der Waals surface area contributed by atoms with Crippen molar-refractivity contribution in [3.8, 4) is 11.1 Å². The van der Waals surface area contributed by atoms with Gasteiger partial charge >= 0.3 is 0 Å². The molecule has 0 aliphatic carbocycles. The predicted molar refractivity (Wildman–Crippen MR) is 73.3 cm³/mol. The summed E-state index contributed by atoms with van der Waals surface area (Å²) in [6, 6.07) is 11.7. The van der Waals surface area contributed by atoms with E-state index in [9.17, 15) is 14.9 Å². The van der Waals surface area contributed by atoms with Crippen LogP contribution >= 0.6 is 11.6 Å². The third-order valence-electron chi connectivity index (χ3n) is 2.77. The highest BCUT2D eigenvalue weighted by Crippen LogP contribution is 2.33. The molecule has 0 fully saturated rings. The lowest BCUT2D eigenvalue weighted by Gasteiger charge is -2.09. The molecule has 0 heterocycles. The van der Waals surface area contributed by atoms with Crippen LogP contribution < -0.4 is 0 Å². The van der Waals surface area contributed by atoms with Gasteiger partial charge in [-0.2, -0.15) is 0 Å². The van der Waals surface area contributed by atoms with Crippen LogP contribution in [0.15, 0.2) is 42.5 Å². The van der Waals surface area contributed by atoms with E-state index in [1.807, 2.05) is 24.3 Å². The number of rotatable bonds is 4. The summed E-state index contributed by atoms with van der Waals surface area (Å²) in [5.74, 6) is 0. The zero-order valence-corrected chi connectivity index (χ0v) is 10.6. The maximum Gasteiger partial charge on any atom is 0.270 e. The van der Waals surface area contributed by atoms with Crippen LogP contribution in [0.5, 0.6) is 0 Å². The first-order valence-electron chi connectivity index (χ1n) is 5.59. The molecule has 0 saturated heterocycles. The fourth-order valence-corrected chi connectivity index (χ4v) is 2.16. The Kier molecular flexibility index (Phi) is 3.92. The Bertz CT molecular complexity index is 640. The number of halogens is 1. The van der Waals surface area contributed by atoms with Crippen molar-refractivity contribution >= 4 is 23.6 Å². The van der Waals surface area contributed by atoms with Crippen molar-refractivity contribution in [1.82, 2.24) is 0 Å². The van der Waals surface area contributed by atoms with Gasteiger partial charge in [0.15, 0.2) is 0 Å². The zero-order valence-electron chi connectivity index (χ0n) is 9.88. The Morgan fingerprint density at radius 3 is 2.53 bits per heavy atom. The summed E-state index contributed by atoms with van der Waals surface area (Å²) in [5, 5.41) is 11.0. The van der Waals surface area contributed by atoms with Crippen LogP contribution in [0.2, 0.25) is 5.02 Å². The maximum atomic E-state index is 10.7. The molecule has 0 atom stereocenters. The van der Waals surface area contributed by atoms with Gasteiger partial charge in [0.2, 0.25) is 0 Å². The minimum atomic E-state index is -0.493. The van der Waals surface area contributed by atoms with Gasteiger partial charge in [-0.15, -0.1) is 0 Å². The molecule has 0 N–H and O–H groups in total. The van der Waals surface area contributed by atoms with Gasteiger partial charge in [-0.05, 0) is 17.2 Å². The normalized spacial score (nSPS) is 10.2. The van der Waals surface area contributed by atoms with Gasteiger partial charge in [0.05, 0.1) is 9.95 Å². The van der Waals surface area contributed by atoms with Crippen molar-refractivity contribution in [1.29, 1.82) is 0 Å². The Hall–Kier alpha value is -2.20. The topological polar surface area (TPSA) is 60.2 Å². The second-order valence-corrected chi connectivity index (χ2v) is 4.36. The van der Waals surface area contributed by atoms with Crippen LogP contribution in [-0.2, 0) is 11.2 Å². The molecule has 2 aromatic carbocycles. The van der Waals surface area contributed by atoms with E-state index in [2.05, 4.69) is 0 Å². The van der Waals surface area contributed by atoms with Crippen molar-refractivity contribution in [3.05, 3.63) is 63.2 Å². The first-order chi connectivity index (χ1) is 9.13. The molecule has 0 spiro atoms. The molecular formula is C14H10ClNO3. The number of nitrogens with zero attached hydrogens (tertiary/aromatic N) is 1. The molecule has 0 aliphatic rings. The number of non-ortho nitro benzene ring substituents is 1. The smallest absolute Gasteiger partial charge is 0.270 e. The summed E-state index contributed by atoms with van der Waals surface area (Å²) in [5.41, 5.74) is 2.29. The SMILES string of the molecule is O=CCc1ccccc1-c1ccc([N+](=O)[O-])cc1Cl. The Morgan fingerprint density at radius 2 is 1.89 bits per heavy atom. The van der Waals surface area contributed by atoms with E-state index in [1.54, 1.807) is 6.07 Å². The molecular weight excluding hydrogens is 266 g/mol. The molecule has 2 aromatic rings. The van der Waals surface area contributed by atoms with E-state index in [-0.39, 0.29) is 12.1 Å². The number of hydrogen-bond donors (Lipinski definition) is 0. The number of aldehydes is 1. The number of nitro benzene ring substituents is 1. The molecule has 0 unspecified atom stereocenters. The Balaban J connectivity index is 2.53. The number of nitro groups is 1. The lowest BCUT2D eigenvalue weighted by atomic mass is 9.98. The third kappa shape index (κ3) is 2.80. The fourth-order valence-electron chi connectivity index (χ4n) is 1.89. The van der Waals surface area contributed by atoms with Crippen LogP contribution in [0.1, 0.15) is 5.56 Å². The highest BCUT2D eigenvalue weighted by molar-refractivity contribution is 6.33. The van der Waals surface area contributed by atoms with E-state index < -0.39 is 4.92 Å². The average Bonchev–Trinajstić information content (AvgIpc) is 2.40. The van der Waals surface area contributed by atoms with E-state index in [0.29, 0.717) is 10.6 Å². The van der Waals surface area contributed by atoms with Crippen LogP contribution in [0.4, 0.5) is 5.69 Å². The van der Waals surface area contributed by atoms with E-state index in [4.69, 9.17) is 11.6 Å². The van der Waals surface area contributed by atoms with Gasteiger partial charge in [0.1, 0.15) is 6.29 Å². The van der Waals surface area contributed by atoms with Crippen molar-refractivity contribution in [2.24, 2.45) is 0 Å². The molecule has 0 aliphatic heterocycles. The summed E-state index contributed by atoms with van der Waals surface area (Å²) < 4.78 is 0. The van der Waals surface area contributed by atoms with E-state index in [0.717, 1.165) is 17.4 Å². The van der Waals surface area contributed by atoms with Crippen LogP contribution in [0.25, 0.3) is 11.1 Å². The van der Waals surface area contributed by atoms with Crippen molar-refractivity contribution < 1.29 is 9.72 Å². The molecule has 5 heteroatoms. The second-order valence-electron chi connectivity index (χ2n) is 3.95. The molecule has 96 valence electrons. The summed E-state index contributed by atoms with van der Waals surface area (Å²) >= 11 is 6.09. The second kappa shape index (κ2) is 5.63. The van der Waals surface area contributed by atoms with E-state index in [1.165, 1.54) is 12.1 Å². The van der Waals surface area contributed by atoms with Gasteiger partial charge in [-0.1, -0.05) is 35.9 Å². The van der Waals surface area contributed by atoms with Crippen molar-refractivity contribution in [3.63, 3.8) is 0 Å². The van der Waals surface area contributed by atoms with Crippen LogP contribution in [0, 0.1) is 10.1 Å². The molecule has 0 aromatic heterocycles. The van der Waals surface area contributed by atoms with Gasteiger partial charge in [-0.3, -0.25) is 10.1 Å². The first-order valence-corrected chi connectivity index (χ1v) is 5.97. The highest BCUT2D eigenvalue weighted by atomic mass is 35.5. The average molecular weight is 276 g/mol. The lowest BCUT2D eigenvalue weighted by molar-refractivity contribution is -0.384. The molecule has 4 nitrogen and oxygen atoms in total. The minimum absolute atomic E-state index is 0.0541. The summed E-state index contributed by atoms with van der Waals surface area (Å²) in [7, 11) is 0. The first kappa shape index (κ1) is 13.2. The predicted octanol–water partition coefficient (Wildman–Crippen LogP) is 3.66. The molecule has 0 saturated carbocycles. The van der Waals surface area contributed by atoms with Crippen LogP contribution in [0.3, 0.4) is 0 Å². The molecule has 19 heavy (non-hydrogen) atoms. The van der Waals surface area contributed by atoms with Crippen molar-refractivity contribution in [2.45, 2.75) is 6.42 Å². The summed E-state index contributed by atoms with van der Waals surface area (Å²) in [6.07, 6.45) is 1.10. The van der Waals surface area contributed by atoms with Crippen LogP contribution in [-0.4, -0.2) is 11.2 Å². The van der Waals surface area contributed by atoms with Crippen molar-refractivity contribution in [2.75, 3.05) is 0 Å². The Morgan fingerprint density at radius 1 is 1.16 bits per heavy atom. The van der Waals surface area contributed by atoms with Gasteiger partial charge < -0.3 is 4.79 Å². The number of benzene rings is 2. The molecule has 0 bridgehead atoms. The minimum Gasteiger partial charge on any atom is -0.303 e. The van der Waals surface area contributed by atoms with Gasteiger partial charge in [-0.25, -0.2) is 0 Å². The molecule has 0 amide bonds. The third-order valence-corrected chi connectivity index (χ3v) is 3.09.